The largest absolute Gasteiger partial charge is 0.479 e. The summed E-state index contributed by atoms with van der Waals surface area (Å²) in [6.07, 6.45) is 8.44. The Labute approximate surface area is 154 Å². The first-order valence-electron chi connectivity index (χ1n) is 8.80. The van der Waals surface area contributed by atoms with Crippen LogP contribution in [0.3, 0.4) is 0 Å². The van der Waals surface area contributed by atoms with Crippen molar-refractivity contribution in [2.24, 2.45) is 0 Å². The third kappa shape index (κ3) is 6.25. The summed E-state index contributed by atoms with van der Waals surface area (Å²) < 4.78 is 10.2. The highest BCUT2D eigenvalue weighted by molar-refractivity contribution is 5.89. The number of nitrogens with zero attached hydrogens (tertiary/aromatic N) is 2. The zero-order valence-corrected chi connectivity index (χ0v) is 15.0. The number of nitriles is 1. The van der Waals surface area contributed by atoms with E-state index in [1.54, 1.807) is 42.3 Å². The van der Waals surface area contributed by atoms with E-state index in [0.717, 1.165) is 31.2 Å². The summed E-state index contributed by atoms with van der Waals surface area (Å²) >= 11 is 0. The second kappa shape index (κ2) is 10.2. The molecule has 1 aromatic carbocycles. The summed E-state index contributed by atoms with van der Waals surface area (Å²) in [7, 11) is 1.78. The van der Waals surface area contributed by atoms with Crippen molar-refractivity contribution in [1.82, 2.24) is 4.90 Å². The molecule has 1 aliphatic rings. The van der Waals surface area contributed by atoms with E-state index in [9.17, 15) is 9.59 Å². The molecule has 138 valence electrons. The first kappa shape index (κ1) is 19.5. The van der Waals surface area contributed by atoms with Crippen LogP contribution < -0.4 is 4.74 Å². The summed E-state index contributed by atoms with van der Waals surface area (Å²) in [6.45, 7) is -0.248. The first-order valence-corrected chi connectivity index (χ1v) is 8.80. The minimum absolute atomic E-state index is 0.00908. The molecule has 0 atom stereocenters. The molecule has 6 heteroatoms. The van der Waals surface area contributed by atoms with Crippen LogP contribution in [-0.4, -0.2) is 43.1 Å². The van der Waals surface area contributed by atoms with Gasteiger partial charge in [-0.05, 0) is 36.6 Å². The zero-order valence-electron chi connectivity index (χ0n) is 15.0. The maximum Gasteiger partial charge on any atom is 0.331 e. The van der Waals surface area contributed by atoms with E-state index in [0.29, 0.717) is 5.75 Å². The van der Waals surface area contributed by atoms with Crippen molar-refractivity contribution in [3.8, 4) is 11.8 Å². The van der Waals surface area contributed by atoms with E-state index >= 15 is 0 Å². The third-order valence-electron chi connectivity index (χ3n) is 4.45. The topological polar surface area (TPSA) is 79.6 Å². The van der Waals surface area contributed by atoms with Gasteiger partial charge in [0.25, 0.3) is 5.91 Å². The van der Waals surface area contributed by atoms with Gasteiger partial charge in [-0.2, -0.15) is 5.26 Å². The molecule has 26 heavy (non-hydrogen) atoms. The molecule has 0 radical (unpaired) electrons. The molecule has 0 saturated heterocycles. The average Bonchev–Trinajstić information content (AvgIpc) is 2.69. The van der Waals surface area contributed by atoms with Gasteiger partial charge in [-0.3, -0.25) is 4.79 Å². The van der Waals surface area contributed by atoms with Gasteiger partial charge in [0, 0.05) is 19.2 Å². The normalized spacial score (nSPS) is 14.6. The van der Waals surface area contributed by atoms with Crippen LogP contribution in [0.1, 0.15) is 37.7 Å². The van der Waals surface area contributed by atoms with Gasteiger partial charge < -0.3 is 14.4 Å². The van der Waals surface area contributed by atoms with Gasteiger partial charge in [0.2, 0.25) is 0 Å². The monoisotopic (exact) mass is 356 g/mol. The molecule has 0 unspecified atom stereocenters. The third-order valence-corrected chi connectivity index (χ3v) is 4.45. The number of carbonyl (C=O) groups excluding carboxylic acids is 2. The SMILES string of the molecule is CN(C(=O)COC(=O)/C=C/c1ccc(OCC#N)cc1)C1CCCCC1. The predicted octanol–water partition coefficient (Wildman–Crippen LogP) is 2.94. The summed E-state index contributed by atoms with van der Waals surface area (Å²) in [5.74, 6) is -0.138. The number of rotatable bonds is 7. The minimum atomic E-state index is -0.555. The maximum atomic E-state index is 12.1. The Morgan fingerprint density at radius 2 is 1.92 bits per heavy atom. The summed E-state index contributed by atoms with van der Waals surface area (Å²) in [5, 5.41) is 8.46. The van der Waals surface area contributed by atoms with Crippen LogP contribution in [0.5, 0.6) is 5.75 Å². The quantitative estimate of drug-likeness (QED) is 0.554. The highest BCUT2D eigenvalue weighted by Crippen LogP contribution is 2.21. The molecule has 2 rings (SSSR count). The Morgan fingerprint density at radius 1 is 1.23 bits per heavy atom. The van der Waals surface area contributed by atoms with E-state index < -0.39 is 5.97 Å². The van der Waals surface area contributed by atoms with E-state index in [1.807, 2.05) is 6.07 Å². The fourth-order valence-electron chi connectivity index (χ4n) is 2.91. The molecule has 1 aromatic rings. The second-order valence-corrected chi connectivity index (χ2v) is 6.25. The van der Waals surface area contributed by atoms with Crippen molar-refractivity contribution >= 4 is 18.0 Å². The smallest absolute Gasteiger partial charge is 0.331 e. The van der Waals surface area contributed by atoms with Crippen LogP contribution in [0.15, 0.2) is 30.3 Å². The number of carbonyl (C=O) groups is 2. The van der Waals surface area contributed by atoms with Gasteiger partial charge in [-0.25, -0.2) is 4.79 Å². The zero-order chi connectivity index (χ0) is 18.8. The summed E-state index contributed by atoms with van der Waals surface area (Å²) in [4.78, 5) is 25.6. The summed E-state index contributed by atoms with van der Waals surface area (Å²) in [5.41, 5.74) is 0.789. The Morgan fingerprint density at radius 3 is 2.58 bits per heavy atom. The molecule has 0 spiro atoms. The molecule has 0 bridgehead atoms. The van der Waals surface area contributed by atoms with Crippen LogP contribution in [0.25, 0.3) is 6.08 Å². The number of likely N-dealkylation sites (N-methyl/N-ethyl adjacent to an activating group) is 1. The van der Waals surface area contributed by atoms with Crippen LogP contribution in [0, 0.1) is 11.3 Å². The van der Waals surface area contributed by atoms with E-state index in [2.05, 4.69) is 0 Å². The van der Waals surface area contributed by atoms with Crippen LogP contribution in [0.2, 0.25) is 0 Å². The maximum absolute atomic E-state index is 12.1. The molecule has 0 heterocycles. The number of amides is 1. The number of ether oxygens (including phenoxy) is 2. The average molecular weight is 356 g/mol. The van der Waals surface area contributed by atoms with Crippen molar-refractivity contribution in [3.63, 3.8) is 0 Å². The molecule has 0 aromatic heterocycles. The minimum Gasteiger partial charge on any atom is -0.479 e. The van der Waals surface area contributed by atoms with E-state index in [1.165, 1.54) is 12.5 Å². The van der Waals surface area contributed by atoms with E-state index in [4.69, 9.17) is 14.7 Å². The fourth-order valence-corrected chi connectivity index (χ4v) is 2.91. The van der Waals surface area contributed by atoms with Crippen molar-refractivity contribution in [2.45, 2.75) is 38.1 Å². The van der Waals surface area contributed by atoms with Crippen LogP contribution >= 0.6 is 0 Å². The van der Waals surface area contributed by atoms with Gasteiger partial charge in [0.1, 0.15) is 11.8 Å². The van der Waals surface area contributed by atoms with Gasteiger partial charge >= 0.3 is 5.97 Å². The lowest BCUT2D eigenvalue weighted by Gasteiger charge is -2.31. The molecule has 1 aliphatic carbocycles. The molecule has 6 nitrogen and oxygen atoms in total. The molecule has 1 saturated carbocycles. The van der Waals surface area contributed by atoms with Crippen molar-refractivity contribution < 1.29 is 19.1 Å². The van der Waals surface area contributed by atoms with Crippen molar-refractivity contribution in [3.05, 3.63) is 35.9 Å². The van der Waals surface area contributed by atoms with E-state index in [-0.39, 0.29) is 25.2 Å². The molecule has 0 N–H and O–H groups in total. The molecule has 1 amide bonds. The number of esters is 1. The standard InChI is InChI=1S/C20H24N2O4/c1-22(17-5-3-2-4-6-17)19(23)15-26-20(24)12-9-16-7-10-18(11-8-16)25-14-13-21/h7-12,17H,2-6,14-15H2,1H3/b12-9+. The highest BCUT2D eigenvalue weighted by Gasteiger charge is 2.22. The fraction of sp³-hybridized carbons (Fsp3) is 0.450. The molecule has 0 aliphatic heterocycles. The van der Waals surface area contributed by atoms with Gasteiger partial charge in [0.15, 0.2) is 13.2 Å². The summed E-state index contributed by atoms with van der Waals surface area (Å²) in [6, 6.07) is 9.10. The van der Waals surface area contributed by atoms with Crippen molar-refractivity contribution in [2.75, 3.05) is 20.3 Å². The second-order valence-electron chi connectivity index (χ2n) is 6.25. The van der Waals surface area contributed by atoms with Crippen LogP contribution in [-0.2, 0) is 14.3 Å². The Bertz CT molecular complexity index is 670. The predicted molar refractivity (Wildman–Crippen MR) is 97.2 cm³/mol. The highest BCUT2D eigenvalue weighted by atomic mass is 16.5. The van der Waals surface area contributed by atoms with Crippen LogP contribution in [0.4, 0.5) is 0 Å². The lowest BCUT2D eigenvalue weighted by atomic mass is 9.94. The number of benzene rings is 1. The van der Waals surface area contributed by atoms with Gasteiger partial charge in [-0.15, -0.1) is 0 Å². The number of hydrogen-bond donors (Lipinski definition) is 0. The first-order chi connectivity index (χ1) is 12.6. The molecular weight excluding hydrogens is 332 g/mol. The lowest BCUT2D eigenvalue weighted by Crippen LogP contribution is -2.40. The Kier molecular flexibility index (Phi) is 7.69. The Balaban J connectivity index is 1.76. The number of hydrogen-bond acceptors (Lipinski definition) is 5. The van der Waals surface area contributed by atoms with Gasteiger partial charge in [-0.1, -0.05) is 31.4 Å². The molecular formula is C20H24N2O4. The van der Waals surface area contributed by atoms with Crippen molar-refractivity contribution in [1.29, 1.82) is 5.26 Å². The lowest BCUT2D eigenvalue weighted by molar-refractivity contribution is -0.148. The Hall–Kier alpha value is -2.81. The molecule has 1 fully saturated rings. The van der Waals surface area contributed by atoms with Gasteiger partial charge in [0.05, 0.1) is 0 Å².